The first kappa shape index (κ1) is 12.9. The van der Waals surface area contributed by atoms with Crippen molar-refractivity contribution >= 4 is 35.1 Å². The van der Waals surface area contributed by atoms with Gasteiger partial charge >= 0.3 is 0 Å². The van der Waals surface area contributed by atoms with E-state index in [-0.39, 0.29) is 18.5 Å². The van der Waals surface area contributed by atoms with Crippen LogP contribution in [-0.4, -0.2) is 51.8 Å². The number of halogens is 1. The number of aliphatic hydroxyl groups excluding tert-OH is 2. The van der Waals surface area contributed by atoms with Gasteiger partial charge in [-0.25, -0.2) is 0 Å². The Balaban J connectivity index is 3.26. The van der Waals surface area contributed by atoms with Crippen LogP contribution in [0.25, 0.3) is 0 Å². The third-order valence-corrected chi connectivity index (χ3v) is 4.13. The number of rotatable bonds is 8. The van der Waals surface area contributed by atoms with E-state index in [9.17, 15) is 0 Å². The van der Waals surface area contributed by atoms with Gasteiger partial charge in [-0.15, -0.1) is 11.6 Å². The van der Waals surface area contributed by atoms with Gasteiger partial charge in [-0.2, -0.15) is 23.5 Å². The number of thioether (sulfide) groups is 2. The van der Waals surface area contributed by atoms with Crippen molar-refractivity contribution in [1.29, 1.82) is 0 Å². The first-order chi connectivity index (χ1) is 5.85. The summed E-state index contributed by atoms with van der Waals surface area (Å²) in [6.45, 7) is 0.406. The van der Waals surface area contributed by atoms with E-state index in [0.717, 1.165) is 17.3 Å². The van der Waals surface area contributed by atoms with Gasteiger partial charge in [-0.05, 0) is 0 Å². The van der Waals surface area contributed by atoms with Crippen molar-refractivity contribution in [3.05, 3.63) is 0 Å². The Kier molecular flexibility index (Phi) is 10.8. The van der Waals surface area contributed by atoms with Crippen molar-refractivity contribution in [2.75, 3.05) is 36.4 Å². The van der Waals surface area contributed by atoms with Crippen LogP contribution in [0.4, 0.5) is 0 Å². The Bertz CT molecular complexity index is 95.5. The van der Waals surface area contributed by atoms with Gasteiger partial charge in [0.05, 0.1) is 13.2 Å². The summed E-state index contributed by atoms with van der Waals surface area (Å²) in [4.78, 5) is 0. The number of aliphatic hydroxyl groups is 2. The zero-order valence-electron chi connectivity index (χ0n) is 6.91. The van der Waals surface area contributed by atoms with Gasteiger partial charge in [0, 0.05) is 28.4 Å². The number of hydrogen-bond acceptors (Lipinski definition) is 4. The monoisotopic (exact) mass is 230 g/mol. The molecule has 0 bridgehead atoms. The van der Waals surface area contributed by atoms with E-state index in [1.165, 1.54) is 0 Å². The first-order valence-corrected chi connectivity index (χ1v) is 6.56. The van der Waals surface area contributed by atoms with Gasteiger partial charge in [0.25, 0.3) is 0 Å². The van der Waals surface area contributed by atoms with Crippen molar-refractivity contribution in [2.45, 2.75) is 5.25 Å². The van der Waals surface area contributed by atoms with E-state index in [0.29, 0.717) is 5.88 Å². The summed E-state index contributed by atoms with van der Waals surface area (Å²) in [7, 11) is 0. The highest BCUT2D eigenvalue weighted by atomic mass is 35.5. The molecule has 0 aliphatic rings. The summed E-state index contributed by atoms with van der Waals surface area (Å²) < 4.78 is 0. The molecule has 0 aromatic heterocycles. The molecule has 5 heteroatoms. The van der Waals surface area contributed by atoms with Crippen molar-refractivity contribution in [3.63, 3.8) is 0 Å². The van der Waals surface area contributed by atoms with Crippen LogP contribution < -0.4 is 0 Å². The summed E-state index contributed by atoms with van der Waals surface area (Å²) in [5.41, 5.74) is 0. The summed E-state index contributed by atoms with van der Waals surface area (Å²) in [5, 5.41) is 17.7. The van der Waals surface area contributed by atoms with Gasteiger partial charge in [0.1, 0.15) is 0 Å². The average molecular weight is 231 g/mol. The second-order valence-corrected chi connectivity index (χ2v) is 5.10. The van der Waals surface area contributed by atoms with Gasteiger partial charge in [-0.1, -0.05) is 0 Å². The van der Waals surface area contributed by atoms with Gasteiger partial charge < -0.3 is 10.2 Å². The molecule has 0 heterocycles. The molecule has 0 spiro atoms. The van der Waals surface area contributed by atoms with E-state index in [4.69, 9.17) is 21.8 Å². The van der Waals surface area contributed by atoms with E-state index in [2.05, 4.69) is 0 Å². The quantitative estimate of drug-likeness (QED) is 0.483. The third kappa shape index (κ3) is 7.55. The molecule has 0 aromatic rings. The minimum Gasteiger partial charge on any atom is -0.396 e. The molecule has 2 N–H and O–H groups in total. The van der Waals surface area contributed by atoms with Gasteiger partial charge in [-0.3, -0.25) is 0 Å². The number of hydrogen-bond donors (Lipinski definition) is 2. The topological polar surface area (TPSA) is 40.5 Å². The van der Waals surface area contributed by atoms with E-state index >= 15 is 0 Å². The van der Waals surface area contributed by atoms with Crippen LogP contribution in [0.3, 0.4) is 0 Å². The largest absolute Gasteiger partial charge is 0.396 e. The zero-order chi connectivity index (χ0) is 9.23. The zero-order valence-corrected chi connectivity index (χ0v) is 9.30. The highest BCUT2D eigenvalue weighted by Gasteiger charge is 2.06. The Morgan fingerprint density at radius 3 is 2.50 bits per heavy atom. The third-order valence-electron chi connectivity index (χ3n) is 1.17. The van der Waals surface area contributed by atoms with Crippen molar-refractivity contribution in [2.24, 2.45) is 0 Å². The second-order valence-electron chi connectivity index (χ2n) is 2.16. The molecule has 74 valence electrons. The van der Waals surface area contributed by atoms with Crippen LogP contribution in [0.2, 0.25) is 0 Å². The highest BCUT2D eigenvalue weighted by molar-refractivity contribution is 8.03. The molecule has 0 aliphatic heterocycles. The lowest BCUT2D eigenvalue weighted by Gasteiger charge is -2.11. The normalized spacial score (nSPS) is 13.2. The fraction of sp³-hybridized carbons (Fsp3) is 1.00. The molecule has 0 saturated carbocycles. The molecule has 0 rings (SSSR count). The molecule has 0 amide bonds. The molecule has 0 saturated heterocycles. The predicted molar refractivity (Wildman–Crippen MR) is 58.5 cm³/mol. The van der Waals surface area contributed by atoms with Gasteiger partial charge in [0.2, 0.25) is 0 Å². The molecular formula is C7H15ClO2S2. The summed E-state index contributed by atoms with van der Waals surface area (Å²) in [6.07, 6.45) is 0. The average Bonchev–Trinajstić information content (AvgIpc) is 2.11. The molecule has 0 fully saturated rings. The highest BCUT2D eigenvalue weighted by Crippen LogP contribution is 2.16. The summed E-state index contributed by atoms with van der Waals surface area (Å²) >= 11 is 8.86. The minimum atomic E-state index is 0.194. The molecule has 0 aromatic carbocycles. The Morgan fingerprint density at radius 2 is 2.00 bits per heavy atom. The standard InChI is InChI=1S/C7H15ClO2S2/c8-1-3-12-7(5-10)6-11-4-2-9/h7,9-10H,1-6H2. The van der Waals surface area contributed by atoms with Crippen LogP contribution in [0.1, 0.15) is 0 Å². The van der Waals surface area contributed by atoms with Crippen molar-refractivity contribution in [3.8, 4) is 0 Å². The van der Waals surface area contributed by atoms with Crippen molar-refractivity contribution in [1.82, 2.24) is 0 Å². The minimum absolute atomic E-state index is 0.194. The molecule has 0 aliphatic carbocycles. The summed E-state index contributed by atoms with van der Waals surface area (Å²) in [6, 6.07) is 0. The van der Waals surface area contributed by atoms with E-state index in [1.807, 2.05) is 0 Å². The Hall–Kier alpha value is 0.910. The van der Waals surface area contributed by atoms with Crippen LogP contribution in [-0.2, 0) is 0 Å². The van der Waals surface area contributed by atoms with Crippen LogP contribution in [0, 0.1) is 0 Å². The maximum Gasteiger partial charge on any atom is 0.0558 e. The molecule has 0 radical (unpaired) electrons. The fourth-order valence-corrected chi connectivity index (χ4v) is 2.78. The Labute approximate surface area is 87.1 Å². The lowest BCUT2D eigenvalue weighted by atomic mass is 10.5. The number of alkyl halides is 1. The van der Waals surface area contributed by atoms with Crippen LogP contribution >= 0.6 is 35.1 Å². The first-order valence-electron chi connectivity index (χ1n) is 3.82. The van der Waals surface area contributed by atoms with Crippen LogP contribution in [0.15, 0.2) is 0 Å². The molecular weight excluding hydrogens is 216 g/mol. The maximum atomic E-state index is 8.91. The maximum absolute atomic E-state index is 8.91. The molecule has 12 heavy (non-hydrogen) atoms. The van der Waals surface area contributed by atoms with Gasteiger partial charge in [0.15, 0.2) is 0 Å². The predicted octanol–water partition coefficient (Wildman–Crippen LogP) is 1.04. The fourth-order valence-electron chi connectivity index (χ4n) is 0.644. The molecule has 1 unspecified atom stereocenters. The van der Waals surface area contributed by atoms with Crippen LogP contribution in [0.5, 0.6) is 0 Å². The van der Waals surface area contributed by atoms with E-state index < -0.39 is 0 Å². The van der Waals surface area contributed by atoms with E-state index in [1.54, 1.807) is 23.5 Å². The summed E-state index contributed by atoms with van der Waals surface area (Å²) in [5.74, 6) is 3.15. The lowest BCUT2D eigenvalue weighted by Crippen LogP contribution is -2.13. The molecule has 2 nitrogen and oxygen atoms in total. The molecule has 1 atom stereocenters. The second kappa shape index (κ2) is 9.99. The lowest BCUT2D eigenvalue weighted by molar-refractivity contribution is 0.301. The smallest absolute Gasteiger partial charge is 0.0558 e. The Morgan fingerprint density at radius 1 is 1.25 bits per heavy atom. The van der Waals surface area contributed by atoms with Crippen molar-refractivity contribution < 1.29 is 10.2 Å². The SMILES string of the molecule is OCCSCC(CO)SCCCl.